The van der Waals surface area contributed by atoms with E-state index in [4.69, 9.17) is 5.11 Å². The van der Waals surface area contributed by atoms with Gasteiger partial charge in [-0.1, -0.05) is 19.1 Å². The summed E-state index contributed by atoms with van der Waals surface area (Å²) in [5, 5.41) is 8.65. The Morgan fingerprint density at radius 1 is 1.20 bits per heavy atom. The van der Waals surface area contributed by atoms with Crippen molar-refractivity contribution in [3.63, 3.8) is 0 Å². The van der Waals surface area contributed by atoms with Crippen LogP contribution in [0.15, 0.2) is 12.2 Å². The van der Waals surface area contributed by atoms with E-state index in [1.54, 1.807) is 0 Å². The number of piperazine rings is 1. The second kappa shape index (κ2) is 5.88. The number of carbonyl (C=O) groups is 1. The minimum Gasteiger partial charge on any atom is -0.480 e. The van der Waals surface area contributed by atoms with Gasteiger partial charge in [-0.25, -0.2) is 0 Å². The Kier molecular flexibility index (Phi) is 4.78. The highest BCUT2D eigenvalue weighted by atomic mass is 16.4. The zero-order chi connectivity index (χ0) is 11.3. The van der Waals surface area contributed by atoms with Crippen molar-refractivity contribution in [1.82, 2.24) is 9.80 Å². The Hall–Kier alpha value is -0.870. The lowest BCUT2D eigenvalue weighted by Gasteiger charge is -2.34. The molecule has 0 unspecified atom stereocenters. The van der Waals surface area contributed by atoms with Gasteiger partial charge in [0.05, 0.1) is 6.54 Å². The van der Waals surface area contributed by atoms with E-state index in [9.17, 15) is 4.79 Å². The van der Waals surface area contributed by atoms with Crippen LogP contribution in [0.1, 0.15) is 13.3 Å². The normalized spacial score (nSPS) is 19.0. The summed E-state index contributed by atoms with van der Waals surface area (Å²) in [7, 11) is 0. The Bertz CT molecular complexity index is 233. The first-order valence-corrected chi connectivity index (χ1v) is 5.45. The third-order valence-electron chi connectivity index (χ3n) is 2.77. The van der Waals surface area contributed by atoms with Crippen molar-refractivity contribution >= 4 is 5.97 Å². The molecule has 0 saturated carbocycles. The molecule has 1 N–H and O–H groups in total. The van der Waals surface area contributed by atoms with E-state index < -0.39 is 5.97 Å². The molecule has 4 heteroatoms. The van der Waals surface area contributed by atoms with E-state index in [0.717, 1.165) is 39.1 Å². The Balaban J connectivity index is 2.23. The molecule has 0 amide bonds. The van der Waals surface area contributed by atoms with Crippen molar-refractivity contribution in [2.45, 2.75) is 13.3 Å². The van der Waals surface area contributed by atoms with Crippen molar-refractivity contribution in [3.8, 4) is 0 Å². The number of rotatable bonds is 5. The third kappa shape index (κ3) is 4.44. The van der Waals surface area contributed by atoms with Crippen LogP contribution in [-0.2, 0) is 4.79 Å². The van der Waals surface area contributed by atoms with E-state index in [-0.39, 0.29) is 6.54 Å². The average Bonchev–Trinajstić information content (AvgIpc) is 2.20. The van der Waals surface area contributed by atoms with Crippen molar-refractivity contribution in [1.29, 1.82) is 0 Å². The van der Waals surface area contributed by atoms with Gasteiger partial charge >= 0.3 is 5.97 Å². The molecule has 1 saturated heterocycles. The quantitative estimate of drug-likeness (QED) is 0.680. The van der Waals surface area contributed by atoms with Crippen LogP contribution in [0.3, 0.4) is 0 Å². The topological polar surface area (TPSA) is 43.8 Å². The molecule has 0 spiro atoms. The maximum atomic E-state index is 10.5. The predicted molar refractivity (Wildman–Crippen MR) is 59.9 cm³/mol. The molecular weight excluding hydrogens is 192 g/mol. The molecule has 0 bridgehead atoms. The SMILES string of the molecule is C=C(CC)CN1CCN(CC(=O)O)CC1. The van der Waals surface area contributed by atoms with Gasteiger partial charge < -0.3 is 5.11 Å². The van der Waals surface area contributed by atoms with Gasteiger partial charge in [0.15, 0.2) is 0 Å². The molecule has 86 valence electrons. The highest BCUT2D eigenvalue weighted by molar-refractivity contribution is 5.69. The molecule has 1 fully saturated rings. The first-order chi connectivity index (χ1) is 7.11. The van der Waals surface area contributed by atoms with Gasteiger partial charge in [0.2, 0.25) is 0 Å². The molecule has 0 aromatic heterocycles. The maximum absolute atomic E-state index is 10.5. The van der Waals surface area contributed by atoms with Crippen LogP contribution in [0.25, 0.3) is 0 Å². The first-order valence-electron chi connectivity index (χ1n) is 5.45. The number of carboxylic acid groups (broad SMARTS) is 1. The second-order valence-electron chi connectivity index (χ2n) is 4.05. The van der Waals surface area contributed by atoms with Crippen LogP contribution in [0.2, 0.25) is 0 Å². The highest BCUT2D eigenvalue weighted by Crippen LogP contribution is 2.05. The standard InChI is InChI=1S/C11H20N2O2/c1-3-10(2)8-12-4-6-13(7-5-12)9-11(14)15/h2-9H2,1H3,(H,14,15). The minimum absolute atomic E-state index is 0.169. The maximum Gasteiger partial charge on any atom is 0.317 e. The monoisotopic (exact) mass is 212 g/mol. The molecule has 1 heterocycles. The summed E-state index contributed by atoms with van der Waals surface area (Å²) in [5.41, 5.74) is 1.25. The van der Waals surface area contributed by atoms with Gasteiger partial charge in [0, 0.05) is 32.7 Å². The molecule has 1 rings (SSSR count). The van der Waals surface area contributed by atoms with Crippen molar-refractivity contribution < 1.29 is 9.90 Å². The van der Waals surface area contributed by atoms with E-state index >= 15 is 0 Å². The lowest BCUT2D eigenvalue weighted by molar-refractivity contribution is -0.138. The summed E-state index contributed by atoms with van der Waals surface area (Å²) in [6.07, 6.45) is 1.02. The van der Waals surface area contributed by atoms with E-state index in [0.29, 0.717) is 0 Å². The van der Waals surface area contributed by atoms with Crippen LogP contribution < -0.4 is 0 Å². The van der Waals surface area contributed by atoms with Crippen LogP contribution in [0, 0.1) is 0 Å². The van der Waals surface area contributed by atoms with Crippen LogP contribution >= 0.6 is 0 Å². The summed E-state index contributed by atoms with van der Waals surface area (Å²) in [4.78, 5) is 14.8. The van der Waals surface area contributed by atoms with E-state index in [2.05, 4.69) is 18.4 Å². The molecule has 0 radical (unpaired) electrons. The van der Waals surface area contributed by atoms with Crippen LogP contribution in [0.4, 0.5) is 0 Å². The molecule has 1 aliphatic heterocycles. The van der Waals surface area contributed by atoms with E-state index in [1.807, 2.05) is 4.90 Å². The Labute approximate surface area is 91.2 Å². The zero-order valence-corrected chi connectivity index (χ0v) is 9.41. The van der Waals surface area contributed by atoms with E-state index in [1.165, 1.54) is 5.57 Å². The summed E-state index contributed by atoms with van der Waals surface area (Å²) in [6.45, 7) is 10.8. The third-order valence-corrected chi connectivity index (χ3v) is 2.77. The molecule has 0 aliphatic carbocycles. The summed E-state index contributed by atoms with van der Waals surface area (Å²) < 4.78 is 0. The summed E-state index contributed by atoms with van der Waals surface area (Å²) in [5.74, 6) is -0.735. The Morgan fingerprint density at radius 2 is 1.67 bits per heavy atom. The number of hydrogen-bond acceptors (Lipinski definition) is 3. The largest absolute Gasteiger partial charge is 0.480 e. The fourth-order valence-corrected chi connectivity index (χ4v) is 1.72. The lowest BCUT2D eigenvalue weighted by Crippen LogP contribution is -2.48. The summed E-state index contributed by atoms with van der Waals surface area (Å²) >= 11 is 0. The number of hydrogen-bond donors (Lipinski definition) is 1. The highest BCUT2D eigenvalue weighted by Gasteiger charge is 2.18. The van der Waals surface area contributed by atoms with Crippen LogP contribution in [0.5, 0.6) is 0 Å². The molecule has 0 aromatic rings. The number of aliphatic carboxylic acids is 1. The zero-order valence-electron chi connectivity index (χ0n) is 9.41. The minimum atomic E-state index is -0.735. The van der Waals surface area contributed by atoms with Gasteiger partial charge in [-0.3, -0.25) is 14.6 Å². The van der Waals surface area contributed by atoms with Crippen molar-refractivity contribution in [3.05, 3.63) is 12.2 Å². The van der Waals surface area contributed by atoms with Crippen molar-refractivity contribution in [2.75, 3.05) is 39.3 Å². The Morgan fingerprint density at radius 3 is 2.07 bits per heavy atom. The van der Waals surface area contributed by atoms with Gasteiger partial charge in [-0.15, -0.1) is 0 Å². The molecule has 15 heavy (non-hydrogen) atoms. The second-order valence-corrected chi connectivity index (χ2v) is 4.05. The van der Waals surface area contributed by atoms with Gasteiger partial charge in [-0.2, -0.15) is 0 Å². The van der Waals surface area contributed by atoms with Gasteiger partial charge in [-0.05, 0) is 6.42 Å². The first kappa shape index (κ1) is 12.2. The van der Waals surface area contributed by atoms with Gasteiger partial charge in [0.1, 0.15) is 0 Å². The lowest BCUT2D eigenvalue weighted by atomic mass is 10.2. The van der Waals surface area contributed by atoms with Crippen LogP contribution in [-0.4, -0.2) is 60.1 Å². The van der Waals surface area contributed by atoms with Gasteiger partial charge in [0.25, 0.3) is 0 Å². The molecule has 0 aromatic carbocycles. The molecule has 4 nitrogen and oxygen atoms in total. The summed E-state index contributed by atoms with van der Waals surface area (Å²) in [6, 6.07) is 0. The fourth-order valence-electron chi connectivity index (χ4n) is 1.72. The average molecular weight is 212 g/mol. The molecule has 1 aliphatic rings. The van der Waals surface area contributed by atoms with Crippen molar-refractivity contribution in [2.24, 2.45) is 0 Å². The smallest absolute Gasteiger partial charge is 0.317 e. The number of nitrogens with zero attached hydrogens (tertiary/aromatic N) is 2. The molecular formula is C11H20N2O2. The predicted octanol–water partition coefficient (Wildman–Crippen LogP) is 0.655. The number of carboxylic acids is 1. The fraction of sp³-hybridized carbons (Fsp3) is 0.727. The molecule has 0 atom stereocenters.